The van der Waals surface area contributed by atoms with Gasteiger partial charge in [-0.1, -0.05) is 0 Å². The Kier molecular flexibility index (Phi) is 2.60. The molecule has 1 rings (SSSR count). The highest BCUT2D eigenvalue weighted by Crippen LogP contribution is 2.21. The third kappa shape index (κ3) is 1.64. The Hall–Kier alpha value is -1.89. The molecule has 0 fully saturated rings. The van der Waals surface area contributed by atoms with Crippen molar-refractivity contribution in [1.82, 2.24) is 0 Å². The number of carbonyl (C=O) groups is 1. The Morgan fingerprint density at radius 1 is 1.62 bits per heavy atom. The molecule has 1 aromatic rings. The quantitative estimate of drug-likeness (QED) is 0.646. The highest BCUT2D eigenvalue weighted by atomic mass is 19.1. The van der Waals surface area contributed by atoms with E-state index in [0.717, 1.165) is 0 Å². The molecule has 0 saturated heterocycles. The van der Waals surface area contributed by atoms with Crippen molar-refractivity contribution in [2.75, 3.05) is 7.11 Å². The van der Waals surface area contributed by atoms with E-state index in [1.165, 1.54) is 19.2 Å². The van der Waals surface area contributed by atoms with E-state index in [2.05, 4.69) is 4.74 Å². The Balaban J connectivity index is 3.39. The summed E-state index contributed by atoms with van der Waals surface area (Å²) < 4.78 is 17.8. The highest BCUT2D eigenvalue weighted by molar-refractivity contribution is 5.76. The van der Waals surface area contributed by atoms with Gasteiger partial charge in [0.25, 0.3) is 0 Å². The molecular formula is C9H6FNO2. The Morgan fingerprint density at radius 3 is 2.77 bits per heavy atom. The molecular weight excluding hydrogens is 173 g/mol. The van der Waals surface area contributed by atoms with E-state index >= 15 is 0 Å². The fraction of sp³-hybridized carbons (Fsp3) is 0.111. The van der Waals surface area contributed by atoms with Crippen molar-refractivity contribution in [3.05, 3.63) is 29.1 Å². The Labute approximate surface area is 74.4 Å². The number of ether oxygens (including phenoxy) is 1. The van der Waals surface area contributed by atoms with Crippen molar-refractivity contribution in [3.63, 3.8) is 0 Å². The van der Waals surface area contributed by atoms with Crippen LogP contribution in [0.3, 0.4) is 0 Å². The first-order chi connectivity index (χ1) is 6.22. The number of carbonyl (C=O) groups excluding carboxylic acids is 1. The number of nitriles is 1. The molecule has 0 aliphatic rings. The van der Waals surface area contributed by atoms with Crippen LogP contribution in [0.1, 0.15) is 15.9 Å². The first-order valence-corrected chi connectivity index (χ1v) is 3.45. The second-order valence-corrected chi connectivity index (χ2v) is 2.31. The minimum absolute atomic E-state index is 0.0962. The van der Waals surface area contributed by atoms with E-state index in [1.807, 2.05) is 0 Å². The van der Waals surface area contributed by atoms with Gasteiger partial charge in [0.2, 0.25) is 0 Å². The molecule has 3 nitrogen and oxygen atoms in total. The van der Waals surface area contributed by atoms with E-state index in [9.17, 15) is 9.18 Å². The smallest absolute Gasteiger partial charge is 0.182 e. The highest BCUT2D eigenvalue weighted by Gasteiger charge is 2.10. The van der Waals surface area contributed by atoms with Gasteiger partial charge in [-0.25, -0.2) is 4.39 Å². The molecule has 0 spiro atoms. The van der Waals surface area contributed by atoms with Crippen molar-refractivity contribution in [3.8, 4) is 11.8 Å². The fourth-order valence-corrected chi connectivity index (χ4v) is 0.917. The molecule has 0 unspecified atom stereocenters. The lowest BCUT2D eigenvalue weighted by molar-refractivity contribution is 0.112. The van der Waals surface area contributed by atoms with E-state index in [4.69, 9.17) is 5.26 Å². The van der Waals surface area contributed by atoms with Crippen molar-refractivity contribution in [2.24, 2.45) is 0 Å². The minimum atomic E-state index is -0.740. The summed E-state index contributed by atoms with van der Waals surface area (Å²) in [7, 11) is 1.27. The van der Waals surface area contributed by atoms with Gasteiger partial charge in [0.05, 0.1) is 12.7 Å². The standard InChI is InChI=1S/C9H6FNO2/c1-13-8-3-6(5-12)2-7(4-11)9(8)10/h2-3,5H,1H3. The van der Waals surface area contributed by atoms with E-state index < -0.39 is 5.82 Å². The zero-order chi connectivity index (χ0) is 9.84. The number of hydrogen-bond acceptors (Lipinski definition) is 3. The maximum Gasteiger partial charge on any atom is 0.182 e. The van der Waals surface area contributed by atoms with Crippen LogP contribution in [0.25, 0.3) is 0 Å². The molecule has 0 bridgehead atoms. The third-order valence-electron chi connectivity index (χ3n) is 1.54. The van der Waals surface area contributed by atoms with Crippen molar-refractivity contribution in [1.29, 1.82) is 5.26 Å². The van der Waals surface area contributed by atoms with E-state index in [0.29, 0.717) is 6.29 Å². The lowest BCUT2D eigenvalue weighted by Gasteiger charge is -2.03. The topological polar surface area (TPSA) is 50.1 Å². The molecule has 1 aromatic carbocycles. The van der Waals surface area contributed by atoms with Gasteiger partial charge in [-0.3, -0.25) is 4.79 Å². The summed E-state index contributed by atoms with van der Waals surface area (Å²) in [4.78, 5) is 10.4. The largest absolute Gasteiger partial charge is 0.494 e. The maximum atomic E-state index is 13.1. The molecule has 0 N–H and O–H groups in total. The van der Waals surface area contributed by atoms with Gasteiger partial charge >= 0.3 is 0 Å². The van der Waals surface area contributed by atoms with Gasteiger partial charge in [0, 0.05) is 5.56 Å². The third-order valence-corrected chi connectivity index (χ3v) is 1.54. The molecule has 0 aromatic heterocycles. The molecule has 0 aliphatic heterocycles. The number of rotatable bonds is 2. The van der Waals surface area contributed by atoms with Gasteiger partial charge in [-0.2, -0.15) is 5.26 Å². The van der Waals surface area contributed by atoms with Gasteiger partial charge < -0.3 is 4.74 Å². The molecule has 0 heterocycles. The van der Waals surface area contributed by atoms with Crippen LogP contribution in [0.5, 0.6) is 5.75 Å². The Bertz CT molecular complexity index is 382. The maximum absolute atomic E-state index is 13.1. The number of methoxy groups -OCH3 is 1. The summed E-state index contributed by atoms with van der Waals surface area (Å²) >= 11 is 0. The first-order valence-electron chi connectivity index (χ1n) is 3.45. The normalized spacial score (nSPS) is 9.00. The van der Waals surface area contributed by atoms with Gasteiger partial charge in [0.15, 0.2) is 11.6 Å². The predicted octanol–water partition coefficient (Wildman–Crippen LogP) is 1.52. The van der Waals surface area contributed by atoms with Crippen molar-refractivity contribution < 1.29 is 13.9 Å². The Morgan fingerprint density at radius 2 is 2.31 bits per heavy atom. The molecule has 0 radical (unpaired) electrons. The van der Waals surface area contributed by atoms with Crippen LogP contribution in [0, 0.1) is 17.1 Å². The van der Waals surface area contributed by atoms with Crippen molar-refractivity contribution >= 4 is 6.29 Å². The molecule has 4 heteroatoms. The monoisotopic (exact) mass is 179 g/mol. The number of aldehydes is 1. The van der Waals surface area contributed by atoms with Crippen LogP contribution in [-0.2, 0) is 0 Å². The van der Waals surface area contributed by atoms with E-state index in [-0.39, 0.29) is 16.9 Å². The van der Waals surface area contributed by atoms with Gasteiger partial charge in [-0.05, 0) is 12.1 Å². The molecule has 0 amide bonds. The summed E-state index contributed by atoms with van der Waals surface area (Å²) in [6.45, 7) is 0. The van der Waals surface area contributed by atoms with Crippen LogP contribution in [0.2, 0.25) is 0 Å². The second kappa shape index (κ2) is 3.68. The molecule has 0 saturated carbocycles. The summed E-state index contributed by atoms with van der Waals surface area (Å²) in [6.07, 6.45) is 0.531. The SMILES string of the molecule is COc1cc(C=O)cc(C#N)c1F. The lowest BCUT2D eigenvalue weighted by Crippen LogP contribution is -1.94. The lowest BCUT2D eigenvalue weighted by atomic mass is 10.1. The number of benzene rings is 1. The fourth-order valence-electron chi connectivity index (χ4n) is 0.917. The summed E-state index contributed by atoms with van der Waals surface area (Å²) in [5.41, 5.74) is 0.0243. The van der Waals surface area contributed by atoms with Gasteiger partial charge in [0.1, 0.15) is 12.4 Å². The zero-order valence-corrected chi connectivity index (χ0v) is 6.87. The van der Waals surface area contributed by atoms with Crippen LogP contribution >= 0.6 is 0 Å². The second-order valence-electron chi connectivity index (χ2n) is 2.31. The molecule has 13 heavy (non-hydrogen) atoms. The summed E-state index contributed by atoms with van der Waals surface area (Å²) in [5.74, 6) is -0.836. The van der Waals surface area contributed by atoms with Crippen molar-refractivity contribution in [2.45, 2.75) is 0 Å². The summed E-state index contributed by atoms with van der Waals surface area (Å²) in [6, 6.07) is 4.04. The van der Waals surface area contributed by atoms with Crippen LogP contribution in [-0.4, -0.2) is 13.4 Å². The first kappa shape index (κ1) is 9.20. The molecule has 0 atom stereocenters. The predicted molar refractivity (Wildman–Crippen MR) is 43.1 cm³/mol. The van der Waals surface area contributed by atoms with Gasteiger partial charge in [-0.15, -0.1) is 0 Å². The number of hydrogen-bond donors (Lipinski definition) is 0. The van der Waals surface area contributed by atoms with Crippen LogP contribution in [0.15, 0.2) is 12.1 Å². The minimum Gasteiger partial charge on any atom is -0.494 e. The average molecular weight is 179 g/mol. The molecule has 66 valence electrons. The number of halogens is 1. The number of nitrogens with zero attached hydrogens (tertiary/aromatic N) is 1. The van der Waals surface area contributed by atoms with Crippen LogP contribution < -0.4 is 4.74 Å². The zero-order valence-electron chi connectivity index (χ0n) is 6.87. The average Bonchev–Trinajstić information content (AvgIpc) is 2.18. The van der Waals surface area contributed by atoms with Crippen LogP contribution in [0.4, 0.5) is 4.39 Å². The van der Waals surface area contributed by atoms with E-state index in [1.54, 1.807) is 6.07 Å². The molecule has 0 aliphatic carbocycles. The summed E-state index contributed by atoms with van der Waals surface area (Å²) in [5, 5.41) is 8.50.